The predicted molar refractivity (Wildman–Crippen MR) is 102 cm³/mol. The summed E-state index contributed by atoms with van der Waals surface area (Å²) in [5.74, 6) is 1.68. The Bertz CT molecular complexity index is 936. The summed E-state index contributed by atoms with van der Waals surface area (Å²) in [4.78, 5) is 8.66. The maximum atomic E-state index is 10.3. The lowest BCUT2D eigenvalue weighted by Crippen LogP contribution is -2.15. The Balaban J connectivity index is 1.85. The average Bonchev–Trinajstić information content (AvgIpc) is 2.65. The molecule has 26 heavy (non-hydrogen) atoms. The molecule has 0 radical (unpaired) electrons. The van der Waals surface area contributed by atoms with E-state index in [-0.39, 0.29) is 6.54 Å². The van der Waals surface area contributed by atoms with Crippen LogP contribution < -0.4 is 20.5 Å². The largest absolute Gasteiger partial charge is 0.493 e. The van der Waals surface area contributed by atoms with Crippen LogP contribution in [0.1, 0.15) is 11.7 Å². The van der Waals surface area contributed by atoms with E-state index in [1.54, 1.807) is 44.6 Å². The van der Waals surface area contributed by atoms with Crippen LogP contribution in [-0.2, 0) is 0 Å². The molecule has 3 aromatic rings. The van der Waals surface area contributed by atoms with E-state index in [2.05, 4.69) is 15.3 Å². The zero-order valence-corrected chi connectivity index (χ0v) is 15.1. The van der Waals surface area contributed by atoms with Gasteiger partial charge in [-0.1, -0.05) is 29.8 Å². The molecule has 0 spiro atoms. The first-order chi connectivity index (χ1) is 12.5. The number of hydrogen-bond donors (Lipinski definition) is 3. The molecule has 3 rings (SSSR count). The van der Waals surface area contributed by atoms with E-state index >= 15 is 0 Å². The van der Waals surface area contributed by atoms with Crippen molar-refractivity contribution in [1.82, 2.24) is 9.97 Å². The van der Waals surface area contributed by atoms with Gasteiger partial charge in [-0.2, -0.15) is 4.98 Å². The highest BCUT2D eigenvalue weighted by atomic mass is 35.5. The molecule has 1 unspecified atom stereocenters. The van der Waals surface area contributed by atoms with Gasteiger partial charge in [0, 0.05) is 28.6 Å². The summed E-state index contributed by atoms with van der Waals surface area (Å²) in [6.45, 7) is 0.183. The van der Waals surface area contributed by atoms with E-state index in [0.717, 1.165) is 0 Å². The summed E-state index contributed by atoms with van der Waals surface area (Å²) in [5, 5.41) is 14.5. The minimum atomic E-state index is -0.811. The third kappa shape index (κ3) is 3.58. The number of benzene rings is 2. The molecule has 2 aromatic carbocycles. The van der Waals surface area contributed by atoms with Gasteiger partial charge in [0.1, 0.15) is 5.82 Å². The molecular formula is C18H19ClN4O3. The minimum absolute atomic E-state index is 0.183. The summed E-state index contributed by atoms with van der Waals surface area (Å²) in [6, 6.07) is 10.6. The minimum Gasteiger partial charge on any atom is -0.493 e. The Morgan fingerprint density at radius 3 is 2.54 bits per heavy atom. The van der Waals surface area contributed by atoms with Crippen LogP contribution in [0.25, 0.3) is 10.9 Å². The molecule has 0 fully saturated rings. The number of hydrogen-bond acceptors (Lipinski definition) is 7. The van der Waals surface area contributed by atoms with Crippen LogP contribution in [0.5, 0.6) is 11.5 Å². The lowest BCUT2D eigenvalue weighted by Gasteiger charge is -2.15. The standard InChI is InChI=1S/C18H19ClN4O3/c1-25-15-7-11-13(8-16(15)26-2)22-18(23-17(11)20)21-9-14(24)10-5-3-4-6-12(10)19/h3-8,14,24H,9H2,1-2H3,(H3,20,21,22,23). The molecule has 8 heteroatoms. The molecule has 0 bridgehead atoms. The molecular weight excluding hydrogens is 356 g/mol. The molecule has 136 valence electrons. The lowest BCUT2D eigenvalue weighted by molar-refractivity contribution is 0.191. The van der Waals surface area contributed by atoms with Crippen molar-refractivity contribution in [1.29, 1.82) is 0 Å². The van der Waals surface area contributed by atoms with Gasteiger partial charge >= 0.3 is 0 Å². The number of ether oxygens (including phenoxy) is 2. The number of aromatic nitrogens is 2. The number of fused-ring (bicyclic) bond motifs is 1. The second-order valence-corrected chi connectivity index (χ2v) is 5.98. The summed E-state index contributed by atoms with van der Waals surface area (Å²) in [7, 11) is 3.10. The highest BCUT2D eigenvalue weighted by molar-refractivity contribution is 6.31. The predicted octanol–water partition coefficient (Wildman–Crippen LogP) is 3.03. The average molecular weight is 375 g/mol. The second-order valence-electron chi connectivity index (χ2n) is 5.58. The molecule has 1 aromatic heterocycles. The van der Waals surface area contributed by atoms with Crippen LogP contribution >= 0.6 is 11.6 Å². The van der Waals surface area contributed by atoms with Crippen molar-refractivity contribution in [2.75, 3.05) is 31.8 Å². The summed E-state index contributed by atoms with van der Waals surface area (Å²) in [6.07, 6.45) is -0.811. The number of aliphatic hydroxyl groups is 1. The van der Waals surface area contributed by atoms with Crippen LogP contribution in [0.2, 0.25) is 5.02 Å². The van der Waals surface area contributed by atoms with Gasteiger partial charge < -0.3 is 25.6 Å². The first-order valence-electron chi connectivity index (χ1n) is 7.89. The quantitative estimate of drug-likeness (QED) is 0.609. The second kappa shape index (κ2) is 7.63. The molecule has 7 nitrogen and oxygen atoms in total. The Morgan fingerprint density at radius 1 is 1.15 bits per heavy atom. The van der Waals surface area contributed by atoms with Gasteiger partial charge in [-0.15, -0.1) is 0 Å². The molecule has 0 aliphatic heterocycles. The van der Waals surface area contributed by atoms with Gasteiger partial charge in [0.05, 0.1) is 25.8 Å². The van der Waals surface area contributed by atoms with E-state index in [1.807, 2.05) is 6.07 Å². The molecule has 0 saturated heterocycles. The fourth-order valence-corrected chi connectivity index (χ4v) is 2.86. The number of rotatable bonds is 6. The molecule has 0 aliphatic carbocycles. The number of anilines is 2. The van der Waals surface area contributed by atoms with Crippen molar-refractivity contribution in [3.05, 3.63) is 47.0 Å². The number of methoxy groups -OCH3 is 2. The number of nitrogens with two attached hydrogens (primary N) is 1. The van der Waals surface area contributed by atoms with Crippen molar-refractivity contribution in [2.45, 2.75) is 6.10 Å². The number of nitrogens with one attached hydrogen (secondary N) is 1. The third-order valence-electron chi connectivity index (χ3n) is 3.95. The fourth-order valence-electron chi connectivity index (χ4n) is 2.60. The first-order valence-corrected chi connectivity index (χ1v) is 8.27. The Kier molecular flexibility index (Phi) is 5.29. The smallest absolute Gasteiger partial charge is 0.225 e. The monoisotopic (exact) mass is 374 g/mol. The Hall–Kier alpha value is -2.77. The zero-order chi connectivity index (χ0) is 18.7. The SMILES string of the molecule is COc1cc2nc(NCC(O)c3ccccc3Cl)nc(N)c2cc1OC. The summed E-state index contributed by atoms with van der Waals surface area (Å²) >= 11 is 6.10. The van der Waals surface area contributed by atoms with Crippen LogP contribution in [-0.4, -0.2) is 35.8 Å². The normalized spacial score (nSPS) is 12.0. The van der Waals surface area contributed by atoms with E-state index < -0.39 is 6.10 Å². The highest BCUT2D eigenvalue weighted by Gasteiger charge is 2.14. The van der Waals surface area contributed by atoms with Gasteiger partial charge in [-0.05, 0) is 12.1 Å². The molecule has 1 atom stereocenters. The number of nitrogens with zero attached hydrogens (tertiary/aromatic N) is 2. The number of aliphatic hydroxyl groups excluding tert-OH is 1. The Morgan fingerprint density at radius 2 is 1.85 bits per heavy atom. The summed E-state index contributed by atoms with van der Waals surface area (Å²) in [5.41, 5.74) is 7.27. The van der Waals surface area contributed by atoms with Crippen LogP contribution in [0.3, 0.4) is 0 Å². The van der Waals surface area contributed by atoms with E-state index in [1.165, 1.54) is 0 Å². The topological polar surface area (TPSA) is 103 Å². The van der Waals surface area contributed by atoms with Crippen molar-refractivity contribution in [2.24, 2.45) is 0 Å². The first kappa shape index (κ1) is 18.0. The maximum absolute atomic E-state index is 10.3. The molecule has 4 N–H and O–H groups in total. The van der Waals surface area contributed by atoms with Crippen molar-refractivity contribution in [3.63, 3.8) is 0 Å². The van der Waals surface area contributed by atoms with Gasteiger partial charge in [-0.25, -0.2) is 4.98 Å². The van der Waals surface area contributed by atoms with Crippen LogP contribution in [0, 0.1) is 0 Å². The van der Waals surface area contributed by atoms with E-state index in [9.17, 15) is 5.11 Å². The maximum Gasteiger partial charge on any atom is 0.225 e. The molecule has 0 saturated carbocycles. The fraction of sp³-hybridized carbons (Fsp3) is 0.222. The zero-order valence-electron chi connectivity index (χ0n) is 14.4. The molecule has 1 heterocycles. The number of nitrogen functional groups attached to an aromatic ring is 1. The number of halogens is 1. The van der Waals surface area contributed by atoms with Gasteiger partial charge in [-0.3, -0.25) is 0 Å². The van der Waals surface area contributed by atoms with Gasteiger partial charge in [0.2, 0.25) is 5.95 Å². The molecule has 0 amide bonds. The van der Waals surface area contributed by atoms with Crippen molar-refractivity contribution in [3.8, 4) is 11.5 Å². The van der Waals surface area contributed by atoms with E-state index in [0.29, 0.717) is 44.8 Å². The van der Waals surface area contributed by atoms with Gasteiger partial charge in [0.15, 0.2) is 11.5 Å². The highest BCUT2D eigenvalue weighted by Crippen LogP contribution is 2.33. The molecule has 0 aliphatic rings. The van der Waals surface area contributed by atoms with E-state index in [4.69, 9.17) is 26.8 Å². The van der Waals surface area contributed by atoms with Crippen molar-refractivity contribution < 1.29 is 14.6 Å². The van der Waals surface area contributed by atoms with Crippen molar-refractivity contribution >= 4 is 34.3 Å². The third-order valence-corrected chi connectivity index (χ3v) is 4.29. The lowest BCUT2D eigenvalue weighted by atomic mass is 10.1. The summed E-state index contributed by atoms with van der Waals surface area (Å²) < 4.78 is 10.6. The van der Waals surface area contributed by atoms with Crippen LogP contribution in [0.15, 0.2) is 36.4 Å². The Labute approximate surface area is 155 Å². The van der Waals surface area contributed by atoms with Gasteiger partial charge in [0.25, 0.3) is 0 Å². The van der Waals surface area contributed by atoms with Crippen LogP contribution in [0.4, 0.5) is 11.8 Å².